The van der Waals surface area contributed by atoms with Crippen LogP contribution < -0.4 is 10.9 Å². The first-order valence-corrected chi connectivity index (χ1v) is 12.5. The largest absolute Gasteiger partial charge is 0.463 e. The zero-order chi connectivity index (χ0) is 29.0. The lowest BCUT2D eigenvalue weighted by Crippen LogP contribution is -2.22. The van der Waals surface area contributed by atoms with Crippen LogP contribution in [0.5, 0.6) is 0 Å². The molecule has 1 aromatic heterocycles. The quantitative estimate of drug-likeness (QED) is 0.144. The van der Waals surface area contributed by atoms with Gasteiger partial charge in [0, 0.05) is 28.1 Å². The number of esters is 1. The van der Waals surface area contributed by atoms with Crippen molar-refractivity contribution in [1.82, 2.24) is 0 Å². The fraction of sp³-hybridized carbons (Fsp3) is 0.167. The molecule has 1 heterocycles. The number of nitrogens with one attached hydrogen (secondary N) is 1. The molecule has 6 nitrogen and oxygen atoms in total. The van der Waals surface area contributed by atoms with Crippen LogP contribution in [0, 0.1) is 6.92 Å². The van der Waals surface area contributed by atoms with Gasteiger partial charge in [-0.3, -0.25) is 4.79 Å². The van der Waals surface area contributed by atoms with Gasteiger partial charge in [0.25, 0.3) is 0 Å². The van der Waals surface area contributed by atoms with E-state index in [1.165, 1.54) is 30.4 Å². The summed E-state index contributed by atoms with van der Waals surface area (Å²) in [6.45, 7) is 3.66. The lowest BCUT2D eigenvalue weighted by molar-refractivity contribution is -0.138. The minimum atomic E-state index is -4.69. The number of carbonyl (C=O) groups excluding carboxylic acids is 2. The maximum atomic E-state index is 13.5. The molecule has 3 aromatic carbocycles. The summed E-state index contributed by atoms with van der Waals surface area (Å²) >= 11 is 6.26. The Morgan fingerprint density at radius 3 is 2.55 bits per heavy atom. The molecule has 4 rings (SSSR count). The molecule has 1 N–H and O–H groups in total. The predicted octanol–water partition coefficient (Wildman–Crippen LogP) is 7.20. The molecule has 4 aromatic rings. The van der Waals surface area contributed by atoms with E-state index in [9.17, 15) is 27.6 Å². The van der Waals surface area contributed by atoms with Crippen molar-refractivity contribution in [2.45, 2.75) is 26.4 Å². The first kappa shape index (κ1) is 28.6. The van der Waals surface area contributed by atoms with Crippen LogP contribution in [-0.2, 0) is 26.9 Å². The van der Waals surface area contributed by atoms with Crippen LogP contribution in [0.2, 0.25) is 5.02 Å². The zero-order valence-electron chi connectivity index (χ0n) is 21.4. The first-order chi connectivity index (χ1) is 19.0. The minimum Gasteiger partial charge on any atom is -0.463 e. The van der Waals surface area contributed by atoms with E-state index in [1.807, 2.05) is 0 Å². The van der Waals surface area contributed by atoms with Crippen LogP contribution in [0.25, 0.3) is 28.2 Å². The number of hydrogen-bond donors (Lipinski definition) is 1. The summed E-state index contributed by atoms with van der Waals surface area (Å²) in [4.78, 5) is 38.0. The van der Waals surface area contributed by atoms with E-state index < -0.39 is 41.4 Å². The van der Waals surface area contributed by atoms with E-state index in [-0.39, 0.29) is 17.8 Å². The summed E-state index contributed by atoms with van der Waals surface area (Å²) in [6.07, 6.45) is -2.45. The molecule has 0 saturated heterocycles. The molecule has 0 aliphatic rings. The molecule has 0 bridgehead atoms. The molecule has 0 radical (unpaired) electrons. The highest BCUT2D eigenvalue weighted by Gasteiger charge is 2.33. The highest BCUT2D eigenvalue weighted by atomic mass is 35.5. The molecule has 0 spiro atoms. The Hall–Kier alpha value is -4.37. The summed E-state index contributed by atoms with van der Waals surface area (Å²) in [5.74, 6) is -1.37. The maximum absolute atomic E-state index is 13.5. The number of hydrogen-bond acceptors (Lipinski definition) is 5. The first-order valence-electron chi connectivity index (χ1n) is 12.1. The van der Waals surface area contributed by atoms with Gasteiger partial charge in [0.1, 0.15) is 5.58 Å². The number of amides is 1. The SMILES string of the molecule is CCOC(=O)/C=C/c1cccc(-c2c(CC(=O)Nc3ccccc3C(F)(F)F)c(=O)oc3cc(Cl)c(C)cc23)c1. The van der Waals surface area contributed by atoms with Crippen molar-refractivity contribution in [3.63, 3.8) is 0 Å². The Morgan fingerprint density at radius 2 is 1.82 bits per heavy atom. The van der Waals surface area contributed by atoms with E-state index in [0.29, 0.717) is 32.7 Å². The van der Waals surface area contributed by atoms with Gasteiger partial charge in [-0.1, -0.05) is 41.9 Å². The molecule has 0 aliphatic carbocycles. The lowest BCUT2D eigenvalue weighted by atomic mass is 9.93. The van der Waals surface area contributed by atoms with Crippen molar-refractivity contribution in [3.8, 4) is 11.1 Å². The summed E-state index contributed by atoms with van der Waals surface area (Å²) in [5, 5.41) is 3.11. The molecule has 0 atom stereocenters. The van der Waals surface area contributed by atoms with E-state index in [1.54, 1.807) is 44.2 Å². The molecule has 206 valence electrons. The number of benzene rings is 3. The number of fused-ring (bicyclic) bond motifs is 1. The fourth-order valence-electron chi connectivity index (χ4n) is 4.21. The number of aryl methyl sites for hydroxylation is 1. The van der Waals surface area contributed by atoms with Crippen molar-refractivity contribution >= 4 is 46.2 Å². The van der Waals surface area contributed by atoms with Gasteiger partial charge in [-0.2, -0.15) is 13.2 Å². The van der Waals surface area contributed by atoms with Gasteiger partial charge >= 0.3 is 17.8 Å². The summed E-state index contributed by atoms with van der Waals surface area (Å²) in [5.41, 5.74) is -0.00231. The van der Waals surface area contributed by atoms with Crippen LogP contribution in [0.3, 0.4) is 0 Å². The van der Waals surface area contributed by atoms with E-state index in [4.69, 9.17) is 20.8 Å². The van der Waals surface area contributed by atoms with Gasteiger partial charge in [0.15, 0.2) is 0 Å². The van der Waals surface area contributed by atoms with Crippen molar-refractivity contribution in [2.75, 3.05) is 11.9 Å². The number of halogens is 4. The zero-order valence-corrected chi connectivity index (χ0v) is 22.2. The summed E-state index contributed by atoms with van der Waals surface area (Å²) in [6, 6.07) is 14.6. The van der Waals surface area contributed by atoms with Crippen LogP contribution in [-0.4, -0.2) is 18.5 Å². The maximum Gasteiger partial charge on any atom is 0.418 e. The molecule has 0 saturated carbocycles. The van der Waals surface area contributed by atoms with Gasteiger partial charge in [-0.25, -0.2) is 9.59 Å². The average molecular weight is 570 g/mol. The molecule has 0 fully saturated rings. The number of ether oxygens (including phenoxy) is 1. The summed E-state index contributed by atoms with van der Waals surface area (Å²) < 4.78 is 50.7. The van der Waals surface area contributed by atoms with Crippen molar-refractivity contribution in [2.24, 2.45) is 0 Å². The van der Waals surface area contributed by atoms with Gasteiger partial charge in [0.05, 0.1) is 29.8 Å². The Kier molecular flexibility index (Phi) is 8.44. The number of rotatable bonds is 7. The highest BCUT2D eigenvalue weighted by Crippen LogP contribution is 2.36. The van der Waals surface area contributed by atoms with Gasteiger partial charge in [-0.05, 0) is 60.9 Å². The number of anilines is 1. The molecule has 0 aliphatic heterocycles. The average Bonchev–Trinajstić information content (AvgIpc) is 2.89. The number of carbonyl (C=O) groups is 2. The topological polar surface area (TPSA) is 85.6 Å². The third kappa shape index (κ3) is 6.43. The monoisotopic (exact) mass is 569 g/mol. The third-order valence-electron chi connectivity index (χ3n) is 6.00. The van der Waals surface area contributed by atoms with Gasteiger partial charge in [0.2, 0.25) is 5.91 Å². The summed E-state index contributed by atoms with van der Waals surface area (Å²) in [7, 11) is 0. The molecular formula is C30H23ClF3NO5. The lowest BCUT2D eigenvalue weighted by Gasteiger charge is -2.15. The van der Waals surface area contributed by atoms with E-state index in [0.717, 1.165) is 12.1 Å². The Bertz CT molecular complexity index is 1690. The Labute approximate surface area is 232 Å². The Morgan fingerprint density at radius 1 is 1.07 bits per heavy atom. The second kappa shape index (κ2) is 11.8. The molecule has 40 heavy (non-hydrogen) atoms. The Balaban J connectivity index is 1.82. The van der Waals surface area contributed by atoms with E-state index >= 15 is 0 Å². The normalized spacial score (nSPS) is 11.7. The smallest absolute Gasteiger partial charge is 0.418 e. The minimum absolute atomic E-state index is 0.0530. The van der Waals surface area contributed by atoms with Gasteiger partial charge < -0.3 is 14.5 Å². The number of para-hydroxylation sites is 1. The second-order valence-corrected chi connectivity index (χ2v) is 9.23. The standard InChI is InChI=1S/C30H23ClF3NO5/c1-3-39-27(37)12-11-18-7-6-8-19(14-18)28-20-13-17(2)23(31)16-25(20)40-29(38)21(28)15-26(36)35-24-10-5-4-9-22(24)30(32,33)34/h4-14,16H,3,15H2,1-2H3,(H,35,36)/b12-11+. The second-order valence-electron chi connectivity index (χ2n) is 8.82. The van der Waals surface area contributed by atoms with Gasteiger partial charge in [-0.15, -0.1) is 0 Å². The van der Waals surface area contributed by atoms with Crippen LogP contribution in [0.1, 0.15) is 29.2 Å². The van der Waals surface area contributed by atoms with Crippen LogP contribution in [0.4, 0.5) is 18.9 Å². The predicted molar refractivity (Wildman–Crippen MR) is 147 cm³/mol. The molecule has 10 heteroatoms. The van der Waals surface area contributed by atoms with Crippen molar-refractivity contribution < 1.29 is 31.9 Å². The molecular weight excluding hydrogens is 547 g/mol. The molecule has 0 unspecified atom stereocenters. The fourth-order valence-corrected chi connectivity index (χ4v) is 4.36. The van der Waals surface area contributed by atoms with Crippen LogP contribution in [0.15, 0.2) is 76.0 Å². The number of alkyl halides is 3. The molecule has 1 amide bonds. The van der Waals surface area contributed by atoms with Crippen LogP contribution >= 0.6 is 11.6 Å². The third-order valence-corrected chi connectivity index (χ3v) is 6.41. The van der Waals surface area contributed by atoms with Crippen molar-refractivity contribution in [3.05, 3.63) is 104 Å². The van der Waals surface area contributed by atoms with Crippen molar-refractivity contribution in [1.29, 1.82) is 0 Å². The highest BCUT2D eigenvalue weighted by molar-refractivity contribution is 6.32. The van der Waals surface area contributed by atoms with E-state index in [2.05, 4.69) is 5.32 Å².